The molecule has 6 atom stereocenters. The Labute approximate surface area is 243 Å². The Kier molecular flexibility index (Phi) is 10.7. The number of carboxylic acid groups (broad SMARTS) is 1. The van der Waals surface area contributed by atoms with Crippen molar-refractivity contribution in [2.75, 3.05) is 51.2 Å². The van der Waals surface area contributed by atoms with Gasteiger partial charge in [0.1, 0.15) is 31.0 Å². The Balaban J connectivity index is 1.23. The van der Waals surface area contributed by atoms with Crippen LogP contribution < -0.4 is 14.8 Å². The van der Waals surface area contributed by atoms with E-state index < -0.39 is 42.8 Å². The molecular formula is C29H39N3O10. The lowest BCUT2D eigenvalue weighted by atomic mass is 9.99. The average molecular weight is 590 g/mol. The molecule has 2 aromatic carbocycles. The number of ether oxygens (including phenoxy) is 3. The van der Waals surface area contributed by atoms with Gasteiger partial charge in [0.2, 0.25) is 12.2 Å². The van der Waals surface area contributed by atoms with Crippen LogP contribution in [0.5, 0.6) is 11.5 Å². The van der Waals surface area contributed by atoms with Crippen LogP contribution in [0.1, 0.15) is 11.1 Å². The first-order chi connectivity index (χ1) is 20.0. The summed E-state index contributed by atoms with van der Waals surface area (Å²) in [4.78, 5) is 28.1. The van der Waals surface area contributed by atoms with Crippen LogP contribution in [0.2, 0.25) is 0 Å². The van der Waals surface area contributed by atoms with Crippen LogP contribution in [0.3, 0.4) is 0 Å². The number of β-amino-alcohol motifs (C(OH)–C–C–N with tert-alkyl or cyclic N) is 1. The number of carboxylic acids is 1. The van der Waals surface area contributed by atoms with Crippen LogP contribution in [0.15, 0.2) is 42.5 Å². The minimum absolute atomic E-state index is 0.0644. The zero-order chi connectivity index (χ0) is 30.4. The van der Waals surface area contributed by atoms with Crippen molar-refractivity contribution < 1.29 is 49.3 Å². The van der Waals surface area contributed by atoms with Gasteiger partial charge in [0.15, 0.2) is 17.6 Å². The Hall–Kier alpha value is -3.30. The molecule has 2 aliphatic heterocycles. The number of nitrogens with zero attached hydrogens (tertiary/aromatic N) is 2. The van der Waals surface area contributed by atoms with Gasteiger partial charge in [-0.3, -0.25) is 14.6 Å². The maximum atomic E-state index is 12.6. The lowest BCUT2D eigenvalue weighted by molar-refractivity contribution is -0.271. The van der Waals surface area contributed by atoms with Gasteiger partial charge in [-0.05, 0) is 37.1 Å². The molecule has 1 amide bonds. The minimum Gasteiger partial charge on any atom is -0.487 e. The van der Waals surface area contributed by atoms with E-state index in [-0.39, 0.29) is 30.6 Å². The third-order valence-corrected chi connectivity index (χ3v) is 7.38. The van der Waals surface area contributed by atoms with Crippen LogP contribution in [-0.4, -0.2) is 130 Å². The number of hydrogen-bond donors (Lipinski definition) is 6. The number of hydrogen-bond acceptors (Lipinski definition) is 11. The Bertz CT molecular complexity index is 1200. The standard InChI is InChI=1S/C29H39N3O10/c1-17-6-5-7-18(2)23(17)30-22(34)15-32-12-10-31(11-13-32)14-19(33)16-40-20-8-3-4-9-21(20)41-29-26(37)24(35)25(36)27(42-29)28(38)39/h3-9,19,24-27,29,33,35-37H,10-16H2,1-2H3,(H,30,34)(H,38,39)/t19?,24-,25-,26+,27-,29+/m0/s1. The van der Waals surface area contributed by atoms with Gasteiger partial charge < -0.3 is 45.1 Å². The summed E-state index contributed by atoms with van der Waals surface area (Å²) in [6, 6.07) is 12.2. The number of nitrogens with one attached hydrogen (secondary N) is 1. The normalized spacial score (nSPS) is 25.9. The molecule has 0 aromatic heterocycles. The van der Waals surface area contributed by atoms with Crippen molar-refractivity contribution in [3.05, 3.63) is 53.6 Å². The summed E-state index contributed by atoms with van der Waals surface area (Å²) in [5.74, 6) is -1.28. The zero-order valence-corrected chi connectivity index (χ0v) is 23.6. The third-order valence-electron chi connectivity index (χ3n) is 7.38. The van der Waals surface area contributed by atoms with Crippen molar-refractivity contribution in [3.63, 3.8) is 0 Å². The van der Waals surface area contributed by atoms with Crippen LogP contribution >= 0.6 is 0 Å². The summed E-state index contributed by atoms with van der Waals surface area (Å²) in [6.07, 6.45) is -9.58. The molecule has 13 nitrogen and oxygen atoms in total. The van der Waals surface area contributed by atoms with E-state index in [1.165, 1.54) is 6.07 Å². The SMILES string of the molecule is Cc1cccc(C)c1NC(=O)CN1CCN(CC(O)COc2ccccc2O[C@@H]2O[C@H](C(=O)O)[C@@H](O)[C@H](O)[C@H]2O)CC1. The lowest BCUT2D eigenvalue weighted by Gasteiger charge is -2.38. The summed E-state index contributed by atoms with van der Waals surface area (Å²) >= 11 is 0. The molecular weight excluding hydrogens is 550 g/mol. The van der Waals surface area contributed by atoms with Gasteiger partial charge in [-0.2, -0.15) is 0 Å². The zero-order valence-electron chi connectivity index (χ0n) is 23.6. The summed E-state index contributed by atoms with van der Waals surface area (Å²) in [5.41, 5.74) is 2.88. The highest BCUT2D eigenvalue weighted by Crippen LogP contribution is 2.31. The Morgan fingerprint density at radius 3 is 2.19 bits per heavy atom. The van der Waals surface area contributed by atoms with Crippen molar-refractivity contribution in [2.24, 2.45) is 0 Å². The summed E-state index contributed by atoms with van der Waals surface area (Å²) < 4.78 is 16.5. The molecule has 1 unspecified atom stereocenters. The molecule has 2 heterocycles. The quantitative estimate of drug-likeness (QED) is 0.199. The van der Waals surface area contributed by atoms with Crippen molar-refractivity contribution in [2.45, 2.75) is 50.7 Å². The first-order valence-electron chi connectivity index (χ1n) is 13.8. The first-order valence-corrected chi connectivity index (χ1v) is 13.8. The van der Waals surface area contributed by atoms with Crippen LogP contribution in [0.4, 0.5) is 5.69 Å². The molecule has 0 radical (unpaired) electrons. The second-order valence-electron chi connectivity index (χ2n) is 10.7. The molecule has 230 valence electrons. The third kappa shape index (κ3) is 7.95. The number of anilines is 1. The van der Waals surface area contributed by atoms with E-state index in [9.17, 15) is 35.1 Å². The van der Waals surface area contributed by atoms with E-state index in [0.29, 0.717) is 32.7 Å². The summed E-state index contributed by atoms with van der Waals surface area (Å²) in [5, 5.41) is 53.1. The van der Waals surface area contributed by atoms with Crippen LogP contribution in [-0.2, 0) is 14.3 Å². The second kappa shape index (κ2) is 14.2. The number of para-hydroxylation sites is 3. The molecule has 4 rings (SSSR count). The van der Waals surface area contributed by atoms with Gasteiger partial charge in [-0.25, -0.2) is 4.79 Å². The van der Waals surface area contributed by atoms with Gasteiger partial charge in [-0.1, -0.05) is 30.3 Å². The molecule has 13 heteroatoms. The van der Waals surface area contributed by atoms with Crippen molar-refractivity contribution in [3.8, 4) is 11.5 Å². The van der Waals surface area contributed by atoms with Gasteiger partial charge in [-0.15, -0.1) is 0 Å². The Morgan fingerprint density at radius 2 is 1.55 bits per heavy atom. The highest BCUT2D eigenvalue weighted by Gasteiger charge is 2.48. The average Bonchev–Trinajstić information content (AvgIpc) is 2.95. The van der Waals surface area contributed by atoms with Crippen molar-refractivity contribution in [1.29, 1.82) is 0 Å². The van der Waals surface area contributed by atoms with Crippen molar-refractivity contribution >= 4 is 17.6 Å². The molecule has 2 fully saturated rings. The number of carbonyl (C=O) groups excluding carboxylic acids is 1. The fraction of sp³-hybridized carbons (Fsp3) is 0.517. The highest BCUT2D eigenvalue weighted by molar-refractivity contribution is 5.93. The maximum absolute atomic E-state index is 12.6. The molecule has 0 aliphatic carbocycles. The smallest absolute Gasteiger partial charge is 0.335 e. The predicted molar refractivity (Wildman–Crippen MR) is 150 cm³/mol. The maximum Gasteiger partial charge on any atom is 0.335 e. The van der Waals surface area contributed by atoms with E-state index in [1.54, 1.807) is 18.2 Å². The van der Waals surface area contributed by atoms with E-state index in [0.717, 1.165) is 16.8 Å². The summed E-state index contributed by atoms with van der Waals surface area (Å²) in [7, 11) is 0. The first kappa shape index (κ1) is 31.6. The largest absolute Gasteiger partial charge is 0.487 e. The Morgan fingerprint density at radius 1 is 0.929 bits per heavy atom. The number of aliphatic hydroxyl groups excluding tert-OH is 4. The monoisotopic (exact) mass is 589 g/mol. The number of rotatable bonds is 11. The molecule has 6 N–H and O–H groups in total. The molecule has 2 aliphatic rings. The molecule has 2 saturated heterocycles. The minimum atomic E-state index is -1.83. The fourth-order valence-electron chi connectivity index (χ4n) is 5.00. The van der Waals surface area contributed by atoms with Crippen LogP contribution in [0, 0.1) is 13.8 Å². The van der Waals surface area contributed by atoms with Gasteiger partial charge in [0, 0.05) is 38.4 Å². The molecule has 0 saturated carbocycles. The number of aliphatic hydroxyl groups is 4. The lowest BCUT2D eigenvalue weighted by Crippen LogP contribution is -2.61. The van der Waals surface area contributed by atoms with Gasteiger partial charge >= 0.3 is 5.97 Å². The van der Waals surface area contributed by atoms with E-state index in [2.05, 4.69) is 15.1 Å². The second-order valence-corrected chi connectivity index (χ2v) is 10.7. The van der Waals surface area contributed by atoms with Gasteiger partial charge in [0.25, 0.3) is 0 Å². The van der Waals surface area contributed by atoms with Crippen LogP contribution in [0.25, 0.3) is 0 Å². The molecule has 0 bridgehead atoms. The van der Waals surface area contributed by atoms with E-state index >= 15 is 0 Å². The molecule has 0 spiro atoms. The van der Waals surface area contributed by atoms with Crippen molar-refractivity contribution in [1.82, 2.24) is 9.80 Å². The van der Waals surface area contributed by atoms with E-state index in [4.69, 9.17) is 14.2 Å². The number of amides is 1. The number of piperazine rings is 1. The number of carbonyl (C=O) groups is 2. The predicted octanol–water partition coefficient (Wildman–Crippen LogP) is -0.430. The molecule has 42 heavy (non-hydrogen) atoms. The number of benzene rings is 2. The topological polar surface area (TPSA) is 181 Å². The summed E-state index contributed by atoms with van der Waals surface area (Å²) in [6.45, 7) is 7.17. The number of aryl methyl sites for hydroxylation is 2. The molecule has 2 aromatic rings. The number of aliphatic carboxylic acids is 1. The van der Waals surface area contributed by atoms with E-state index in [1.807, 2.05) is 32.0 Å². The highest BCUT2D eigenvalue weighted by atomic mass is 16.7. The fourth-order valence-corrected chi connectivity index (χ4v) is 5.00. The van der Waals surface area contributed by atoms with Gasteiger partial charge in [0.05, 0.1) is 6.54 Å².